The van der Waals surface area contributed by atoms with Crippen LogP contribution >= 0.6 is 28.1 Å². The monoisotopic (exact) mass is 490 g/mol. The van der Waals surface area contributed by atoms with Crippen molar-refractivity contribution in [1.82, 2.24) is 20.5 Å². The molecule has 0 radical (unpaired) electrons. The molecular formula is C18H27BrN4O3S2. The van der Waals surface area contributed by atoms with Gasteiger partial charge in [0.1, 0.15) is 6.04 Å². The number of hydrazine groups is 1. The first-order chi connectivity index (χ1) is 13.4. The number of hydrogen-bond acceptors (Lipinski definition) is 4. The highest BCUT2D eigenvalue weighted by molar-refractivity contribution is 9.10. The van der Waals surface area contributed by atoms with Crippen molar-refractivity contribution in [3.05, 3.63) is 28.7 Å². The highest BCUT2D eigenvalue weighted by Crippen LogP contribution is 2.26. The summed E-state index contributed by atoms with van der Waals surface area (Å²) < 4.78 is 28.1. The Labute approximate surface area is 180 Å². The summed E-state index contributed by atoms with van der Waals surface area (Å²) >= 11 is 8.45. The van der Waals surface area contributed by atoms with Gasteiger partial charge in [-0.25, -0.2) is 8.42 Å². The van der Waals surface area contributed by atoms with Crippen molar-refractivity contribution in [2.75, 3.05) is 13.1 Å². The number of nitrogens with one attached hydrogen (secondary N) is 3. The minimum Gasteiger partial charge on any atom is -0.361 e. The Hall–Kier alpha value is -1.23. The van der Waals surface area contributed by atoms with Crippen molar-refractivity contribution in [2.45, 2.75) is 56.4 Å². The van der Waals surface area contributed by atoms with Crippen molar-refractivity contribution in [3.63, 3.8) is 0 Å². The van der Waals surface area contributed by atoms with Crippen LogP contribution in [0, 0.1) is 0 Å². The number of nitrogens with zero attached hydrogens (tertiary/aromatic N) is 1. The van der Waals surface area contributed by atoms with Crippen LogP contribution in [-0.4, -0.2) is 42.9 Å². The molecule has 3 N–H and O–H groups in total. The van der Waals surface area contributed by atoms with E-state index >= 15 is 0 Å². The van der Waals surface area contributed by atoms with E-state index in [2.05, 4.69) is 39.0 Å². The maximum absolute atomic E-state index is 13.0. The van der Waals surface area contributed by atoms with Gasteiger partial charge in [-0.3, -0.25) is 15.6 Å². The Bertz CT molecular complexity index is 772. The van der Waals surface area contributed by atoms with Crippen LogP contribution < -0.4 is 16.2 Å². The maximum atomic E-state index is 13.0. The zero-order chi connectivity index (χ0) is 20.6. The number of carbonyl (C=O) groups excluding carboxylic acids is 1. The molecule has 28 heavy (non-hydrogen) atoms. The number of unbranched alkanes of at least 4 members (excludes halogenated alkanes) is 2. The zero-order valence-electron chi connectivity index (χ0n) is 15.9. The minimum atomic E-state index is -3.76. The number of rotatable bonds is 7. The molecule has 0 aliphatic carbocycles. The van der Waals surface area contributed by atoms with Gasteiger partial charge in [-0.15, -0.1) is 0 Å². The third-order valence-corrected chi connectivity index (χ3v) is 7.24. The highest BCUT2D eigenvalue weighted by atomic mass is 79.9. The SMILES string of the molecule is CCCCCNC(=S)NNC(=O)C1CCCCN1S(=O)(=O)c1ccc(Br)cc1. The Morgan fingerprint density at radius 3 is 2.61 bits per heavy atom. The smallest absolute Gasteiger partial charge is 0.256 e. The van der Waals surface area contributed by atoms with E-state index in [0.29, 0.717) is 18.1 Å². The van der Waals surface area contributed by atoms with E-state index in [4.69, 9.17) is 12.2 Å². The average Bonchev–Trinajstić information content (AvgIpc) is 2.69. The summed E-state index contributed by atoms with van der Waals surface area (Å²) in [5, 5.41) is 3.34. The van der Waals surface area contributed by atoms with E-state index < -0.39 is 22.0 Å². The predicted octanol–water partition coefficient (Wildman–Crippen LogP) is 2.68. The number of carbonyl (C=O) groups is 1. The Morgan fingerprint density at radius 1 is 1.21 bits per heavy atom. The van der Waals surface area contributed by atoms with Crippen molar-refractivity contribution < 1.29 is 13.2 Å². The molecule has 1 aliphatic rings. The highest BCUT2D eigenvalue weighted by Gasteiger charge is 2.37. The molecule has 156 valence electrons. The summed E-state index contributed by atoms with van der Waals surface area (Å²) in [5.41, 5.74) is 5.22. The summed E-state index contributed by atoms with van der Waals surface area (Å²) in [6.45, 7) is 3.16. The molecule has 0 bridgehead atoms. The van der Waals surface area contributed by atoms with Gasteiger partial charge in [0.2, 0.25) is 10.0 Å². The number of piperidine rings is 1. The van der Waals surface area contributed by atoms with E-state index in [-0.39, 0.29) is 4.90 Å². The molecule has 2 rings (SSSR count). The molecule has 1 saturated heterocycles. The minimum absolute atomic E-state index is 0.177. The van der Waals surface area contributed by atoms with Gasteiger partial charge in [0.25, 0.3) is 5.91 Å². The fraction of sp³-hybridized carbons (Fsp3) is 0.556. The van der Waals surface area contributed by atoms with Crippen molar-refractivity contribution in [1.29, 1.82) is 0 Å². The van der Waals surface area contributed by atoms with Gasteiger partial charge < -0.3 is 5.32 Å². The van der Waals surface area contributed by atoms with Crippen LogP contribution in [0.4, 0.5) is 0 Å². The van der Waals surface area contributed by atoms with E-state index in [1.165, 1.54) is 16.4 Å². The van der Waals surface area contributed by atoms with Crippen molar-refractivity contribution in [3.8, 4) is 0 Å². The van der Waals surface area contributed by atoms with Gasteiger partial charge in [0.15, 0.2) is 5.11 Å². The van der Waals surface area contributed by atoms with E-state index in [1.54, 1.807) is 12.1 Å². The normalized spacial score (nSPS) is 17.7. The Kier molecular flexibility index (Phi) is 9.13. The maximum Gasteiger partial charge on any atom is 0.256 e. The van der Waals surface area contributed by atoms with Gasteiger partial charge >= 0.3 is 0 Å². The molecule has 1 aromatic carbocycles. The number of halogens is 1. The van der Waals surface area contributed by atoms with Gasteiger partial charge in [0, 0.05) is 17.6 Å². The molecule has 1 unspecified atom stereocenters. The number of amides is 1. The van der Waals surface area contributed by atoms with Crippen LogP contribution in [0.3, 0.4) is 0 Å². The summed E-state index contributed by atoms with van der Waals surface area (Å²) in [5.74, 6) is -0.405. The first kappa shape index (κ1) is 23.1. The molecule has 1 atom stereocenters. The van der Waals surface area contributed by atoms with Crippen LogP contribution in [-0.2, 0) is 14.8 Å². The molecule has 1 heterocycles. The second kappa shape index (κ2) is 11.1. The third-order valence-electron chi connectivity index (χ3n) is 4.54. The lowest BCUT2D eigenvalue weighted by Gasteiger charge is -2.33. The molecule has 1 fully saturated rings. The molecule has 1 amide bonds. The van der Waals surface area contributed by atoms with Crippen molar-refractivity contribution in [2.24, 2.45) is 0 Å². The standard InChI is InChI=1S/C18H27BrN4O3S2/c1-2-3-5-12-20-18(27)22-21-17(24)16-7-4-6-13-23(16)28(25,26)15-10-8-14(19)9-11-15/h8-11,16H,2-7,12-13H2,1H3,(H,21,24)(H2,20,22,27). The van der Waals surface area contributed by atoms with Crippen LogP contribution in [0.2, 0.25) is 0 Å². The zero-order valence-corrected chi connectivity index (χ0v) is 19.1. The van der Waals surface area contributed by atoms with E-state index in [1.807, 2.05) is 0 Å². The molecule has 0 saturated carbocycles. The van der Waals surface area contributed by atoms with E-state index in [0.717, 1.165) is 43.1 Å². The summed E-state index contributed by atoms with van der Waals surface area (Å²) in [4.78, 5) is 12.8. The van der Waals surface area contributed by atoms with Crippen LogP contribution in [0.1, 0.15) is 45.4 Å². The van der Waals surface area contributed by atoms with Gasteiger partial charge in [-0.1, -0.05) is 42.1 Å². The second-order valence-corrected chi connectivity index (χ2v) is 9.87. The molecule has 1 aromatic rings. The van der Waals surface area contributed by atoms with E-state index in [9.17, 15) is 13.2 Å². The van der Waals surface area contributed by atoms with Crippen LogP contribution in [0.15, 0.2) is 33.6 Å². The quantitative estimate of drug-likeness (QED) is 0.309. The Morgan fingerprint density at radius 2 is 1.93 bits per heavy atom. The molecule has 0 spiro atoms. The fourth-order valence-electron chi connectivity index (χ4n) is 3.02. The average molecular weight is 491 g/mol. The molecule has 1 aliphatic heterocycles. The number of hydrogen-bond donors (Lipinski definition) is 3. The first-order valence-electron chi connectivity index (χ1n) is 9.47. The summed E-state index contributed by atoms with van der Waals surface area (Å²) in [6.07, 6.45) is 5.21. The fourth-order valence-corrected chi connectivity index (χ4v) is 5.09. The molecule has 7 nitrogen and oxygen atoms in total. The third kappa shape index (κ3) is 6.40. The largest absolute Gasteiger partial charge is 0.361 e. The Balaban J connectivity index is 1.99. The lowest BCUT2D eigenvalue weighted by atomic mass is 10.0. The number of benzene rings is 1. The summed E-state index contributed by atoms with van der Waals surface area (Å²) in [6, 6.07) is 5.66. The molecule has 10 heteroatoms. The first-order valence-corrected chi connectivity index (χ1v) is 12.1. The summed E-state index contributed by atoms with van der Waals surface area (Å²) in [7, 11) is -3.76. The van der Waals surface area contributed by atoms with Crippen LogP contribution in [0.25, 0.3) is 0 Å². The lowest BCUT2D eigenvalue weighted by molar-refractivity contribution is -0.126. The van der Waals surface area contributed by atoms with Gasteiger partial charge in [0.05, 0.1) is 4.90 Å². The lowest BCUT2D eigenvalue weighted by Crippen LogP contribution is -2.56. The predicted molar refractivity (Wildman–Crippen MR) is 117 cm³/mol. The molecule has 0 aromatic heterocycles. The molecular weight excluding hydrogens is 464 g/mol. The van der Waals surface area contributed by atoms with Crippen molar-refractivity contribution >= 4 is 49.2 Å². The van der Waals surface area contributed by atoms with Gasteiger partial charge in [-0.05, 0) is 55.7 Å². The topological polar surface area (TPSA) is 90.5 Å². The second-order valence-electron chi connectivity index (χ2n) is 6.66. The number of thiocarbonyl (C=S) groups is 1. The van der Waals surface area contributed by atoms with Crippen LogP contribution in [0.5, 0.6) is 0 Å². The number of sulfonamides is 1. The van der Waals surface area contributed by atoms with Gasteiger partial charge in [-0.2, -0.15) is 4.31 Å².